The number of carbonyl (C=O) groups excluding carboxylic acids is 1. The molecule has 0 amide bonds. The van der Waals surface area contributed by atoms with E-state index in [0.717, 1.165) is 22.7 Å². The highest BCUT2D eigenvalue weighted by Gasteiger charge is 2.14. The third kappa shape index (κ3) is 6.18. The number of methoxy groups -OCH3 is 1. The molecule has 0 saturated carbocycles. The molecular formula is C29H28N4O4. The van der Waals surface area contributed by atoms with Crippen molar-refractivity contribution in [3.05, 3.63) is 102 Å². The molecule has 0 radical (unpaired) electrons. The molecule has 0 saturated heterocycles. The van der Waals surface area contributed by atoms with Crippen LogP contribution < -0.4 is 21.3 Å². The average Bonchev–Trinajstić information content (AvgIpc) is 2.91. The van der Waals surface area contributed by atoms with Gasteiger partial charge in [0.1, 0.15) is 0 Å². The predicted molar refractivity (Wildman–Crippen MR) is 148 cm³/mol. The number of benzene rings is 4. The second-order valence-electron chi connectivity index (χ2n) is 8.39. The number of aromatic carboxylic acids is 1. The largest absolute Gasteiger partial charge is 0.478 e. The molecule has 0 atom stereocenters. The topological polar surface area (TPSA) is 112 Å². The highest BCUT2D eigenvalue weighted by molar-refractivity contribution is 5.98. The molecule has 8 heteroatoms. The quantitative estimate of drug-likeness (QED) is 0.162. The van der Waals surface area contributed by atoms with Gasteiger partial charge in [-0.2, -0.15) is 0 Å². The maximum absolute atomic E-state index is 12.5. The van der Waals surface area contributed by atoms with Crippen LogP contribution in [0.1, 0.15) is 26.3 Å². The molecule has 4 aromatic rings. The van der Waals surface area contributed by atoms with E-state index in [1.54, 1.807) is 31.3 Å². The Morgan fingerprint density at radius 3 is 1.62 bits per heavy atom. The van der Waals surface area contributed by atoms with Gasteiger partial charge < -0.3 is 31.1 Å². The van der Waals surface area contributed by atoms with Crippen LogP contribution >= 0.6 is 0 Å². The van der Waals surface area contributed by atoms with Crippen LogP contribution in [-0.4, -0.2) is 31.2 Å². The van der Waals surface area contributed by atoms with E-state index < -0.39 is 11.9 Å². The third-order valence-electron chi connectivity index (χ3n) is 5.74. The first-order chi connectivity index (χ1) is 17.9. The highest BCUT2D eigenvalue weighted by atomic mass is 16.5. The van der Waals surface area contributed by atoms with Crippen LogP contribution in [0, 0.1) is 6.92 Å². The summed E-state index contributed by atoms with van der Waals surface area (Å²) < 4.78 is 5.00. The number of nitrogens with one attached hydrogen (secondary N) is 4. The first-order valence-corrected chi connectivity index (χ1v) is 11.6. The number of carbonyl (C=O) groups is 2. The van der Waals surface area contributed by atoms with Crippen molar-refractivity contribution in [1.29, 1.82) is 0 Å². The fourth-order valence-corrected chi connectivity index (χ4v) is 3.79. The van der Waals surface area contributed by atoms with E-state index in [9.17, 15) is 14.7 Å². The molecule has 0 unspecified atom stereocenters. The van der Waals surface area contributed by atoms with Crippen molar-refractivity contribution < 1.29 is 19.4 Å². The molecule has 8 nitrogen and oxygen atoms in total. The number of carboxylic acid groups (broad SMARTS) is 1. The molecule has 0 bridgehead atoms. The fraction of sp³-hybridized carbons (Fsp3) is 0.103. The van der Waals surface area contributed by atoms with Crippen molar-refractivity contribution in [2.24, 2.45) is 0 Å². The Morgan fingerprint density at radius 2 is 1.11 bits per heavy atom. The van der Waals surface area contributed by atoms with Crippen LogP contribution in [0.4, 0.5) is 39.8 Å². The summed E-state index contributed by atoms with van der Waals surface area (Å²) in [7, 11) is 3.03. The molecule has 0 spiro atoms. The molecule has 188 valence electrons. The minimum Gasteiger partial charge on any atom is -0.478 e. The zero-order chi connectivity index (χ0) is 26.4. The van der Waals surface area contributed by atoms with Gasteiger partial charge in [0.05, 0.1) is 23.9 Å². The fourth-order valence-electron chi connectivity index (χ4n) is 3.79. The Hall–Kier alpha value is -4.98. The second-order valence-corrected chi connectivity index (χ2v) is 8.39. The third-order valence-corrected chi connectivity index (χ3v) is 5.74. The first-order valence-electron chi connectivity index (χ1n) is 11.6. The monoisotopic (exact) mass is 496 g/mol. The Bertz CT molecular complexity index is 1420. The Kier molecular flexibility index (Phi) is 7.59. The molecule has 0 heterocycles. The zero-order valence-electron chi connectivity index (χ0n) is 20.8. The van der Waals surface area contributed by atoms with E-state index >= 15 is 0 Å². The lowest BCUT2D eigenvalue weighted by atomic mass is 10.1. The van der Waals surface area contributed by atoms with E-state index in [1.165, 1.54) is 12.7 Å². The number of esters is 1. The van der Waals surface area contributed by atoms with Crippen molar-refractivity contribution in [1.82, 2.24) is 0 Å². The minimum absolute atomic E-state index is 0.182. The van der Waals surface area contributed by atoms with E-state index in [0.29, 0.717) is 22.6 Å². The lowest BCUT2D eigenvalue weighted by Gasteiger charge is -2.15. The van der Waals surface area contributed by atoms with Gasteiger partial charge in [-0.25, -0.2) is 9.59 Å². The summed E-state index contributed by atoms with van der Waals surface area (Å²) >= 11 is 0. The van der Waals surface area contributed by atoms with Crippen LogP contribution in [0.25, 0.3) is 0 Å². The first kappa shape index (κ1) is 25.1. The molecule has 0 aliphatic rings. The van der Waals surface area contributed by atoms with Crippen LogP contribution in [0.3, 0.4) is 0 Å². The maximum Gasteiger partial charge on any atom is 0.340 e. The average molecular weight is 497 g/mol. The molecule has 5 N–H and O–H groups in total. The zero-order valence-corrected chi connectivity index (χ0v) is 20.8. The lowest BCUT2D eigenvalue weighted by molar-refractivity contribution is 0.0601. The lowest BCUT2D eigenvalue weighted by Crippen LogP contribution is -2.06. The van der Waals surface area contributed by atoms with E-state index in [2.05, 4.69) is 21.3 Å². The van der Waals surface area contributed by atoms with Gasteiger partial charge in [0.25, 0.3) is 0 Å². The molecule has 0 fully saturated rings. The number of ether oxygens (including phenoxy) is 1. The molecule has 0 aromatic heterocycles. The molecule has 0 aliphatic carbocycles. The maximum atomic E-state index is 12.5. The molecule has 37 heavy (non-hydrogen) atoms. The van der Waals surface area contributed by atoms with Gasteiger partial charge >= 0.3 is 11.9 Å². The molecule has 4 aromatic carbocycles. The van der Waals surface area contributed by atoms with Gasteiger partial charge in [-0.15, -0.1) is 0 Å². The van der Waals surface area contributed by atoms with Crippen LogP contribution in [0.15, 0.2) is 84.9 Å². The standard InChI is InChI=1S/C29H28N4O4/c1-18-4-6-19(7-5-18)31-23-13-15-27(25(17-23)29(36)37-3)33-21-10-8-20(9-11-21)32-22-12-14-26(30-2)24(16-22)28(34)35/h4-17,30-33H,1-3H3,(H,34,35). The summed E-state index contributed by atoms with van der Waals surface area (Å²) in [5.41, 5.74) is 6.78. The molecule has 4 rings (SSSR count). The summed E-state index contributed by atoms with van der Waals surface area (Å²) in [6, 6.07) is 26.0. The molecule has 0 aliphatic heterocycles. The van der Waals surface area contributed by atoms with Crippen molar-refractivity contribution in [2.75, 3.05) is 35.4 Å². The Morgan fingerprint density at radius 1 is 0.649 bits per heavy atom. The van der Waals surface area contributed by atoms with Gasteiger partial charge in [0, 0.05) is 41.2 Å². The SMILES string of the molecule is CNc1ccc(Nc2ccc(Nc3ccc(Nc4ccc(C)cc4)cc3C(=O)OC)cc2)cc1C(=O)O. The highest BCUT2D eigenvalue weighted by Crippen LogP contribution is 2.29. The van der Waals surface area contributed by atoms with E-state index in [1.807, 2.05) is 67.6 Å². The van der Waals surface area contributed by atoms with Gasteiger partial charge in [-0.1, -0.05) is 17.7 Å². The van der Waals surface area contributed by atoms with Gasteiger partial charge in [0.15, 0.2) is 0 Å². The number of anilines is 7. The summed E-state index contributed by atoms with van der Waals surface area (Å²) in [5.74, 6) is -1.46. The Labute approximate surface area is 215 Å². The van der Waals surface area contributed by atoms with Crippen LogP contribution in [-0.2, 0) is 4.74 Å². The predicted octanol–water partition coefficient (Wildman–Crippen LogP) is 6.75. The van der Waals surface area contributed by atoms with Crippen LogP contribution in [0.5, 0.6) is 0 Å². The van der Waals surface area contributed by atoms with Crippen molar-refractivity contribution in [3.8, 4) is 0 Å². The second kappa shape index (κ2) is 11.2. The number of carboxylic acids is 1. The minimum atomic E-state index is -1.01. The number of rotatable bonds is 9. The number of hydrogen-bond donors (Lipinski definition) is 5. The number of aryl methyl sites for hydroxylation is 1. The van der Waals surface area contributed by atoms with Crippen molar-refractivity contribution in [2.45, 2.75) is 6.92 Å². The summed E-state index contributed by atoms with van der Waals surface area (Å²) in [6.07, 6.45) is 0. The molecular weight excluding hydrogens is 468 g/mol. The van der Waals surface area contributed by atoms with Crippen LogP contribution in [0.2, 0.25) is 0 Å². The van der Waals surface area contributed by atoms with Crippen molar-refractivity contribution >= 4 is 51.8 Å². The smallest absolute Gasteiger partial charge is 0.340 e. The normalized spacial score (nSPS) is 10.4. The van der Waals surface area contributed by atoms with E-state index in [4.69, 9.17) is 4.74 Å². The van der Waals surface area contributed by atoms with Gasteiger partial charge in [0.2, 0.25) is 0 Å². The summed E-state index contributed by atoms with van der Waals surface area (Å²) in [4.78, 5) is 24.0. The van der Waals surface area contributed by atoms with E-state index in [-0.39, 0.29) is 5.56 Å². The van der Waals surface area contributed by atoms with Crippen molar-refractivity contribution in [3.63, 3.8) is 0 Å². The summed E-state index contributed by atoms with van der Waals surface area (Å²) in [6.45, 7) is 2.03. The van der Waals surface area contributed by atoms with Gasteiger partial charge in [-0.3, -0.25) is 0 Å². The van der Waals surface area contributed by atoms with Gasteiger partial charge in [-0.05, 0) is 79.7 Å². The Balaban J connectivity index is 1.50. The summed E-state index contributed by atoms with van der Waals surface area (Å²) in [5, 5.41) is 22.1. The number of hydrogen-bond acceptors (Lipinski definition) is 7.